The molecule has 0 aromatic rings. The second-order valence-corrected chi connectivity index (χ2v) is 2.70. The molecule has 11 heavy (non-hydrogen) atoms. The van der Waals surface area contributed by atoms with Gasteiger partial charge >= 0.3 is 0 Å². The highest BCUT2D eigenvalue weighted by Crippen LogP contribution is 2.18. The maximum Gasteiger partial charge on any atom is 0.183 e. The predicted octanol–water partition coefficient (Wildman–Crippen LogP) is -2.19. The van der Waals surface area contributed by atoms with Crippen LogP contribution in [0.5, 0.6) is 0 Å². The van der Waals surface area contributed by atoms with Gasteiger partial charge < -0.3 is 25.2 Å². The lowest BCUT2D eigenvalue weighted by atomic mass is 10.0. The zero-order valence-corrected chi connectivity index (χ0v) is 6.08. The summed E-state index contributed by atoms with van der Waals surface area (Å²) in [5.74, 6) is 0. The molecule has 0 amide bonds. The quantitative estimate of drug-likeness (QED) is 0.326. The fourth-order valence-electron chi connectivity index (χ4n) is 1.03. The molecule has 0 saturated carbocycles. The van der Waals surface area contributed by atoms with Crippen molar-refractivity contribution in [3.63, 3.8) is 0 Å². The number of aliphatic hydroxyl groups excluding tert-OH is 4. The Labute approximate surface area is 63.8 Å². The molecule has 4 N–H and O–H groups in total. The zero-order chi connectivity index (χ0) is 8.59. The molecular formula is C6H12O5. The third-order valence-corrected chi connectivity index (χ3v) is 1.83. The SMILES string of the molecule is CC1O[C@H](O)[C@@H](O)[C@@H](O)[C@H]1O. The highest BCUT2D eigenvalue weighted by molar-refractivity contribution is 4.86. The Morgan fingerprint density at radius 2 is 1.45 bits per heavy atom. The summed E-state index contributed by atoms with van der Waals surface area (Å²) in [6.07, 6.45) is -5.99. The van der Waals surface area contributed by atoms with Crippen LogP contribution in [0.3, 0.4) is 0 Å². The van der Waals surface area contributed by atoms with E-state index >= 15 is 0 Å². The minimum Gasteiger partial charge on any atom is -0.388 e. The summed E-state index contributed by atoms with van der Waals surface area (Å²) in [6.45, 7) is 1.50. The standard InChI is InChI=1S/C6H12O5/c1-2-3(7)4(8)5(9)6(10)11-2/h2-10H,1H3/t2?,3-,4-,5-,6-/m0/s1. The van der Waals surface area contributed by atoms with Gasteiger partial charge in [0.15, 0.2) is 6.29 Å². The summed E-state index contributed by atoms with van der Waals surface area (Å²) in [4.78, 5) is 0. The lowest BCUT2D eigenvalue weighted by Crippen LogP contribution is -2.56. The van der Waals surface area contributed by atoms with E-state index in [1.54, 1.807) is 0 Å². The van der Waals surface area contributed by atoms with E-state index < -0.39 is 30.7 Å². The van der Waals surface area contributed by atoms with Crippen LogP contribution in [0.4, 0.5) is 0 Å². The molecule has 1 fully saturated rings. The van der Waals surface area contributed by atoms with Crippen molar-refractivity contribution in [2.45, 2.75) is 37.6 Å². The molecule has 0 aliphatic carbocycles. The van der Waals surface area contributed by atoms with Crippen molar-refractivity contribution in [1.82, 2.24) is 0 Å². The van der Waals surface area contributed by atoms with Crippen LogP contribution in [0.1, 0.15) is 6.92 Å². The van der Waals surface area contributed by atoms with Gasteiger partial charge in [0.1, 0.15) is 18.3 Å². The molecule has 0 radical (unpaired) electrons. The Kier molecular flexibility index (Phi) is 2.46. The van der Waals surface area contributed by atoms with Crippen LogP contribution >= 0.6 is 0 Å². The smallest absolute Gasteiger partial charge is 0.183 e. The van der Waals surface area contributed by atoms with Gasteiger partial charge in [-0.25, -0.2) is 0 Å². The third kappa shape index (κ3) is 1.52. The van der Waals surface area contributed by atoms with Gasteiger partial charge in [0, 0.05) is 0 Å². The highest BCUT2D eigenvalue weighted by atomic mass is 16.6. The van der Waals surface area contributed by atoms with E-state index in [0.717, 1.165) is 0 Å². The average molecular weight is 164 g/mol. The van der Waals surface area contributed by atoms with Gasteiger partial charge in [-0.2, -0.15) is 0 Å². The molecule has 1 saturated heterocycles. The van der Waals surface area contributed by atoms with Gasteiger partial charge in [0.05, 0.1) is 6.10 Å². The number of rotatable bonds is 0. The van der Waals surface area contributed by atoms with Crippen LogP contribution in [0.15, 0.2) is 0 Å². The van der Waals surface area contributed by atoms with Crippen molar-refractivity contribution in [2.24, 2.45) is 0 Å². The average Bonchev–Trinajstić information content (AvgIpc) is 1.97. The second kappa shape index (κ2) is 3.04. The number of ether oxygens (including phenoxy) is 1. The Morgan fingerprint density at radius 1 is 0.909 bits per heavy atom. The van der Waals surface area contributed by atoms with Crippen molar-refractivity contribution < 1.29 is 25.2 Å². The molecule has 1 heterocycles. The molecule has 66 valence electrons. The monoisotopic (exact) mass is 164 g/mol. The molecular weight excluding hydrogens is 152 g/mol. The van der Waals surface area contributed by atoms with Gasteiger partial charge in [0.25, 0.3) is 0 Å². The van der Waals surface area contributed by atoms with Crippen molar-refractivity contribution in [1.29, 1.82) is 0 Å². The van der Waals surface area contributed by atoms with E-state index in [9.17, 15) is 0 Å². The summed E-state index contributed by atoms with van der Waals surface area (Å²) in [5.41, 5.74) is 0. The van der Waals surface area contributed by atoms with Crippen LogP contribution in [0.25, 0.3) is 0 Å². The fourth-order valence-corrected chi connectivity index (χ4v) is 1.03. The molecule has 5 heteroatoms. The molecule has 0 bridgehead atoms. The van der Waals surface area contributed by atoms with Crippen molar-refractivity contribution in [3.05, 3.63) is 0 Å². The first-order valence-corrected chi connectivity index (χ1v) is 3.41. The van der Waals surface area contributed by atoms with Crippen molar-refractivity contribution in [3.8, 4) is 0 Å². The first kappa shape index (κ1) is 8.89. The Morgan fingerprint density at radius 3 is 2.00 bits per heavy atom. The van der Waals surface area contributed by atoms with Crippen molar-refractivity contribution >= 4 is 0 Å². The van der Waals surface area contributed by atoms with E-state index in [4.69, 9.17) is 20.4 Å². The normalized spacial score (nSPS) is 52.6. The van der Waals surface area contributed by atoms with Crippen LogP contribution in [0, 0.1) is 0 Å². The molecule has 0 spiro atoms. The Bertz CT molecular complexity index is 125. The van der Waals surface area contributed by atoms with Gasteiger partial charge in [-0.3, -0.25) is 0 Å². The second-order valence-electron chi connectivity index (χ2n) is 2.70. The molecule has 1 aliphatic rings. The Balaban J connectivity index is 2.63. The zero-order valence-electron chi connectivity index (χ0n) is 6.08. The van der Waals surface area contributed by atoms with E-state index in [2.05, 4.69) is 4.74 Å². The van der Waals surface area contributed by atoms with E-state index in [-0.39, 0.29) is 0 Å². The molecule has 5 atom stereocenters. The fraction of sp³-hybridized carbons (Fsp3) is 1.00. The lowest BCUT2D eigenvalue weighted by molar-refractivity contribution is -0.277. The molecule has 1 unspecified atom stereocenters. The number of aliphatic hydroxyl groups is 4. The van der Waals surface area contributed by atoms with Crippen LogP contribution < -0.4 is 0 Å². The maximum absolute atomic E-state index is 9.09. The van der Waals surface area contributed by atoms with Gasteiger partial charge in [-0.05, 0) is 6.92 Å². The number of hydrogen-bond acceptors (Lipinski definition) is 5. The van der Waals surface area contributed by atoms with Gasteiger partial charge in [-0.1, -0.05) is 0 Å². The van der Waals surface area contributed by atoms with Crippen LogP contribution in [0.2, 0.25) is 0 Å². The lowest BCUT2D eigenvalue weighted by Gasteiger charge is -2.36. The van der Waals surface area contributed by atoms with Gasteiger partial charge in [-0.15, -0.1) is 0 Å². The van der Waals surface area contributed by atoms with E-state index in [1.165, 1.54) is 6.92 Å². The highest BCUT2D eigenvalue weighted by Gasteiger charge is 2.40. The summed E-state index contributed by atoms with van der Waals surface area (Å²) in [5, 5.41) is 36.0. The molecule has 0 aromatic carbocycles. The summed E-state index contributed by atoms with van der Waals surface area (Å²) in [7, 11) is 0. The van der Waals surface area contributed by atoms with Crippen molar-refractivity contribution in [2.75, 3.05) is 0 Å². The number of hydrogen-bond donors (Lipinski definition) is 4. The minimum atomic E-state index is -1.43. The topological polar surface area (TPSA) is 90.2 Å². The maximum atomic E-state index is 9.09. The molecule has 1 aliphatic heterocycles. The van der Waals surface area contributed by atoms with Crippen LogP contribution in [-0.4, -0.2) is 51.1 Å². The van der Waals surface area contributed by atoms with Crippen LogP contribution in [-0.2, 0) is 4.74 Å². The molecule has 0 aromatic heterocycles. The third-order valence-electron chi connectivity index (χ3n) is 1.83. The first-order chi connectivity index (χ1) is 5.04. The summed E-state index contributed by atoms with van der Waals surface area (Å²) < 4.78 is 4.68. The minimum absolute atomic E-state index is 0.664. The Hall–Kier alpha value is -0.200. The van der Waals surface area contributed by atoms with E-state index in [0.29, 0.717) is 0 Å². The largest absolute Gasteiger partial charge is 0.388 e. The summed E-state index contributed by atoms with van der Waals surface area (Å²) in [6, 6.07) is 0. The summed E-state index contributed by atoms with van der Waals surface area (Å²) >= 11 is 0. The van der Waals surface area contributed by atoms with E-state index in [1.807, 2.05) is 0 Å². The molecule has 1 rings (SSSR count). The predicted molar refractivity (Wildman–Crippen MR) is 34.6 cm³/mol. The van der Waals surface area contributed by atoms with Gasteiger partial charge in [0.2, 0.25) is 0 Å². The first-order valence-electron chi connectivity index (χ1n) is 3.41. The molecule has 5 nitrogen and oxygen atoms in total.